The third-order valence-electron chi connectivity index (χ3n) is 5.36. The molecular weight excluding hydrogens is 338 g/mol. The Morgan fingerprint density at radius 2 is 2.00 bits per heavy atom. The predicted molar refractivity (Wildman–Crippen MR) is 105 cm³/mol. The number of H-pyrrole nitrogens is 1. The van der Waals surface area contributed by atoms with Crippen molar-refractivity contribution in [2.24, 2.45) is 5.73 Å². The van der Waals surface area contributed by atoms with Gasteiger partial charge < -0.3 is 11.1 Å². The molecule has 1 amide bonds. The number of nitrogens with one attached hydrogen (secondary N) is 2. The van der Waals surface area contributed by atoms with Crippen molar-refractivity contribution >= 4 is 11.6 Å². The summed E-state index contributed by atoms with van der Waals surface area (Å²) >= 11 is 0. The first-order chi connectivity index (χ1) is 13.1. The maximum absolute atomic E-state index is 13.1. The molecular formula is C21H23N5O. The number of rotatable bonds is 4. The summed E-state index contributed by atoms with van der Waals surface area (Å²) in [6.45, 7) is 2.36. The smallest absolute Gasteiger partial charge is 0.234 e. The average Bonchev–Trinajstić information content (AvgIpc) is 3.18. The molecule has 1 unspecified atom stereocenters. The molecule has 1 aliphatic carbocycles. The van der Waals surface area contributed by atoms with Crippen LogP contribution < -0.4 is 11.1 Å². The van der Waals surface area contributed by atoms with Gasteiger partial charge in [-0.05, 0) is 61.6 Å². The van der Waals surface area contributed by atoms with E-state index >= 15 is 0 Å². The Labute approximate surface area is 158 Å². The molecule has 4 N–H and O–H groups in total. The van der Waals surface area contributed by atoms with Crippen LogP contribution in [0, 0.1) is 0 Å². The van der Waals surface area contributed by atoms with E-state index in [0.29, 0.717) is 18.2 Å². The van der Waals surface area contributed by atoms with Crippen molar-refractivity contribution in [3.63, 3.8) is 0 Å². The van der Waals surface area contributed by atoms with Gasteiger partial charge in [-0.25, -0.2) is 4.98 Å². The largest absolute Gasteiger partial charge is 0.325 e. The number of nitrogens with two attached hydrogens (primary N) is 1. The molecule has 0 bridgehead atoms. The summed E-state index contributed by atoms with van der Waals surface area (Å²) in [7, 11) is 0. The summed E-state index contributed by atoms with van der Waals surface area (Å²) in [4.78, 5) is 17.4. The molecule has 1 aromatic heterocycles. The summed E-state index contributed by atoms with van der Waals surface area (Å²) in [6.07, 6.45) is 2.91. The van der Waals surface area contributed by atoms with E-state index in [0.717, 1.165) is 36.1 Å². The van der Waals surface area contributed by atoms with Crippen LogP contribution >= 0.6 is 0 Å². The lowest BCUT2D eigenvalue weighted by molar-refractivity contribution is -0.121. The fourth-order valence-electron chi connectivity index (χ4n) is 3.77. The average molecular weight is 361 g/mol. The van der Waals surface area contributed by atoms with Gasteiger partial charge in [-0.2, -0.15) is 5.10 Å². The Hall–Kier alpha value is -2.99. The lowest BCUT2D eigenvalue weighted by atomic mass is 9.70. The first kappa shape index (κ1) is 17.4. The molecule has 4 rings (SSSR count). The molecule has 0 fully saturated rings. The summed E-state index contributed by atoms with van der Waals surface area (Å²) in [5.41, 5.74) is 9.10. The fourth-order valence-corrected chi connectivity index (χ4v) is 3.77. The monoisotopic (exact) mass is 361 g/mol. The van der Waals surface area contributed by atoms with Crippen molar-refractivity contribution < 1.29 is 4.79 Å². The van der Waals surface area contributed by atoms with Gasteiger partial charge in [0.05, 0.1) is 12.0 Å². The number of aromatic nitrogens is 3. The van der Waals surface area contributed by atoms with Crippen molar-refractivity contribution in [2.75, 3.05) is 5.32 Å². The first-order valence-corrected chi connectivity index (χ1v) is 9.22. The molecule has 1 atom stereocenters. The molecule has 3 aromatic rings. The van der Waals surface area contributed by atoms with Crippen LogP contribution in [0.25, 0.3) is 11.4 Å². The second-order valence-corrected chi connectivity index (χ2v) is 7.18. The fraction of sp³-hybridized carbons (Fsp3) is 0.286. The molecule has 1 aliphatic rings. The number of benzene rings is 2. The quantitative estimate of drug-likeness (QED) is 0.665. The van der Waals surface area contributed by atoms with Crippen molar-refractivity contribution in [3.05, 3.63) is 65.5 Å². The summed E-state index contributed by atoms with van der Waals surface area (Å²) in [5, 5.41) is 10.0. The lowest BCUT2D eigenvalue weighted by Crippen LogP contribution is -2.40. The maximum atomic E-state index is 13.1. The van der Waals surface area contributed by atoms with E-state index in [2.05, 4.69) is 32.6 Å². The van der Waals surface area contributed by atoms with Crippen LogP contribution in [0.2, 0.25) is 0 Å². The summed E-state index contributed by atoms with van der Waals surface area (Å²) in [5.74, 6) is 1.28. The molecule has 0 saturated heterocycles. The summed E-state index contributed by atoms with van der Waals surface area (Å²) in [6, 6.07) is 15.8. The number of anilines is 1. The van der Waals surface area contributed by atoms with Gasteiger partial charge in [0.15, 0.2) is 5.82 Å². The van der Waals surface area contributed by atoms with E-state index in [4.69, 9.17) is 5.73 Å². The van der Waals surface area contributed by atoms with Crippen LogP contribution in [0.3, 0.4) is 0 Å². The van der Waals surface area contributed by atoms with Gasteiger partial charge >= 0.3 is 0 Å². The number of aromatic amines is 1. The van der Waals surface area contributed by atoms with E-state index in [1.807, 2.05) is 43.3 Å². The summed E-state index contributed by atoms with van der Waals surface area (Å²) < 4.78 is 0. The second-order valence-electron chi connectivity index (χ2n) is 7.18. The van der Waals surface area contributed by atoms with Crippen LogP contribution in [-0.2, 0) is 23.2 Å². The zero-order chi connectivity index (χ0) is 18.9. The molecule has 138 valence electrons. The Kier molecular flexibility index (Phi) is 4.49. The number of hydrogen-bond acceptors (Lipinski definition) is 4. The van der Waals surface area contributed by atoms with Gasteiger partial charge in [0, 0.05) is 11.3 Å². The van der Waals surface area contributed by atoms with E-state index in [9.17, 15) is 4.79 Å². The Morgan fingerprint density at radius 3 is 2.74 bits per heavy atom. The van der Waals surface area contributed by atoms with Crippen LogP contribution in [0.5, 0.6) is 0 Å². The van der Waals surface area contributed by atoms with Gasteiger partial charge in [0.2, 0.25) is 5.91 Å². The van der Waals surface area contributed by atoms with Crippen LogP contribution in [0.1, 0.15) is 36.7 Å². The van der Waals surface area contributed by atoms with Gasteiger partial charge in [-0.15, -0.1) is 0 Å². The number of aryl methyl sites for hydroxylation is 1. The highest BCUT2D eigenvalue weighted by molar-refractivity contribution is 5.99. The van der Waals surface area contributed by atoms with Crippen molar-refractivity contribution in [1.29, 1.82) is 0 Å². The zero-order valence-corrected chi connectivity index (χ0v) is 15.3. The molecule has 0 spiro atoms. The standard InChI is InChI=1S/C21H23N5O/c1-21(12-4-6-14-5-2-3-7-17(14)21)20(27)23-16-10-8-15(9-11-16)19-24-18(13-22)25-26-19/h2-3,5,7-11H,4,6,12-13,22H2,1H3,(H,23,27)(H,24,25,26). The minimum atomic E-state index is -0.507. The highest BCUT2D eigenvalue weighted by atomic mass is 16.2. The Balaban J connectivity index is 1.53. The molecule has 0 aliphatic heterocycles. The topological polar surface area (TPSA) is 96.7 Å². The van der Waals surface area contributed by atoms with Gasteiger partial charge in [0.1, 0.15) is 5.82 Å². The normalized spacial score (nSPS) is 18.7. The van der Waals surface area contributed by atoms with Crippen molar-refractivity contribution in [3.8, 4) is 11.4 Å². The van der Waals surface area contributed by atoms with Crippen molar-refractivity contribution in [2.45, 2.75) is 38.1 Å². The van der Waals surface area contributed by atoms with Gasteiger partial charge in [-0.1, -0.05) is 24.3 Å². The second kappa shape index (κ2) is 6.96. The minimum Gasteiger partial charge on any atom is -0.325 e. The van der Waals surface area contributed by atoms with Crippen LogP contribution in [-0.4, -0.2) is 21.1 Å². The van der Waals surface area contributed by atoms with Crippen LogP contribution in [0.4, 0.5) is 5.69 Å². The molecule has 6 heteroatoms. The third-order valence-corrected chi connectivity index (χ3v) is 5.36. The van der Waals surface area contributed by atoms with E-state index in [-0.39, 0.29) is 5.91 Å². The molecule has 0 radical (unpaired) electrons. The number of carbonyl (C=O) groups is 1. The van der Waals surface area contributed by atoms with Crippen molar-refractivity contribution in [1.82, 2.24) is 15.2 Å². The number of nitrogens with zero attached hydrogens (tertiary/aromatic N) is 2. The van der Waals surface area contributed by atoms with Gasteiger partial charge in [0.25, 0.3) is 0 Å². The predicted octanol–water partition coefficient (Wildman–Crippen LogP) is 3.16. The van der Waals surface area contributed by atoms with E-state index in [1.54, 1.807) is 0 Å². The first-order valence-electron chi connectivity index (χ1n) is 9.22. The number of carbonyl (C=O) groups excluding carboxylic acids is 1. The molecule has 27 heavy (non-hydrogen) atoms. The SMILES string of the molecule is CC1(C(=O)Nc2ccc(-c3n[nH]c(CN)n3)cc2)CCCc2ccccc21. The van der Waals surface area contributed by atoms with E-state index < -0.39 is 5.41 Å². The number of amides is 1. The Morgan fingerprint density at radius 1 is 1.22 bits per heavy atom. The Bertz CT molecular complexity index is 963. The molecule has 2 aromatic carbocycles. The third kappa shape index (κ3) is 3.24. The molecule has 1 heterocycles. The number of hydrogen-bond donors (Lipinski definition) is 3. The minimum absolute atomic E-state index is 0.0331. The highest BCUT2D eigenvalue weighted by Crippen LogP contribution is 2.38. The highest BCUT2D eigenvalue weighted by Gasteiger charge is 2.38. The number of fused-ring (bicyclic) bond motifs is 1. The molecule has 6 nitrogen and oxygen atoms in total. The van der Waals surface area contributed by atoms with E-state index in [1.165, 1.54) is 5.56 Å². The zero-order valence-electron chi connectivity index (χ0n) is 15.3. The lowest BCUT2D eigenvalue weighted by Gasteiger charge is -2.34. The van der Waals surface area contributed by atoms with Crippen LogP contribution in [0.15, 0.2) is 48.5 Å². The maximum Gasteiger partial charge on any atom is 0.234 e. The van der Waals surface area contributed by atoms with Gasteiger partial charge in [-0.3, -0.25) is 9.89 Å². The molecule has 0 saturated carbocycles.